The van der Waals surface area contributed by atoms with Crippen LogP contribution in [-0.2, 0) is 11.8 Å². The van der Waals surface area contributed by atoms with Crippen LogP contribution in [0.2, 0.25) is 0 Å². The number of rotatable bonds is 4. The number of hydrogen-bond acceptors (Lipinski definition) is 6. The molecule has 1 aliphatic heterocycles. The second-order valence-corrected chi connectivity index (χ2v) is 7.39. The van der Waals surface area contributed by atoms with Gasteiger partial charge in [-0.3, -0.25) is 9.48 Å². The molecule has 1 fully saturated rings. The van der Waals surface area contributed by atoms with Crippen molar-refractivity contribution in [1.82, 2.24) is 24.4 Å². The average molecular weight is 399 g/mol. The molecule has 3 amide bonds. The van der Waals surface area contributed by atoms with Crippen LogP contribution in [0.1, 0.15) is 0 Å². The Morgan fingerprint density at radius 2 is 1.96 bits per heavy atom. The summed E-state index contributed by atoms with van der Waals surface area (Å²) >= 11 is 1.49. The van der Waals surface area contributed by atoms with Gasteiger partial charge in [0, 0.05) is 44.8 Å². The predicted molar refractivity (Wildman–Crippen MR) is 109 cm³/mol. The Bertz CT molecular complexity index is 991. The predicted octanol–water partition coefficient (Wildman–Crippen LogP) is 1.50. The first kappa shape index (κ1) is 18.2. The summed E-state index contributed by atoms with van der Waals surface area (Å²) in [4.78, 5) is 28.2. The number of carbonyl (C=O) groups excluding carboxylic acids is 2. The van der Waals surface area contributed by atoms with E-state index in [1.165, 1.54) is 11.5 Å². The summed E-state index contributed by atoms with van der Waals surface area (Å²) < 4.78 is 7.34. The molecule has 28 heavy (non-hydrogen) atoms. The van der Waals surface area contributed by atoms with Gasteiger partial charge in [-0.05, 0) is 23.7 Å². The SMILES string of the molecule is Cn1cc(NC(=O)CNC(=O)N2CCN(c3nsc4ccccc34)CC2)cn1. The molecule has 3 aromatic rings. The molecule has 0 aliphatic carbocycles. The first-order valence-corrected chi connectivity index (χ1v) is 9.78. The number of nitrogens with zero attached hydrogens (tertiary/aromatic N) is 5. The minimum Gasteiger partial charge on any atom is -0.352 e. The van der Waals surface area contributed by atoms with Crippen molar-refractivity contribution in [3.05, 3.63) is 36.7 Å². The van der Waals surface area contributed by atoms with Crippen LogP contribution >= 0.6 is 11.5 Å². The zero-order valence-corrected chi connectivity index (χ0v) is 16.3. The van der Waals surface area contributed by atoms with Gasteiger partial charge in [-0.2, -0.15) is 9.47 Å². The maximum atomic E-state index is 12.4. The number of fused-ring (bicyclic) bond motifs is 1. The van der Waals surface area contributed by atoms with Gasteiger partial charge in [-0.1, -0.05) is 12.1 Å². The molecule has 2 N–H and O–H groups in total. The van der Waals surface area contributed by atoms with Crippen LogP contribution in [0.3, 0.4) is 0 Å². The van der Waals surface area contributed by atoms with Crippen LogP contribution in [0.4, 0.5) is 16.3 Å². The van der Waals surface area contributed by atoms with E-state index in [4.69, 9.17) is 0 Å². The number of urea groups is 1. The maximum Gasteiger partial charge on any atom is 0.317 e. The highest BCUT2D eigenvalue weighted by molar-refractivity contribution is 7.13. The summed E-state index contributed by atoms with van der Waals surface area (Å²) in [6.07, 6.45) is 3.25. The normalized spacial score (nSPS) is 14.3. The number of aromatic nitrogens is 3. The van der Waals surface area contributed by atoms with Crippen LogP contribution in [-0.4, -0.2) is 63.7 Å². The Hall–Kier alpha value is -3.14. The number of nitrogens with one attached hydrogen (secondary N) is 2. The topological polar surface area (TPSA) is 95.4 Å². The lowest BCUT2D eigenvalue weighted by Gasteiger charge is -2.35. The molecule has 0 atom stereocenters. The quantitative estimate of drug-likeness (QED) is 0.693. The number of hydrogen-bond donors (Lipinski definition) is 2. The highest BCUT2D eigenvalue weighted by atomic mass is 32.1. The average Bonchev–Trinajstić information content (AvgIpc) is 3.32. The molecule has 0 spiro atoms. The molecule has 0 radical (unpaired) electrons. The molecular formula is C18H21N7O2S. The number of benzene rings is 1. The second kappa shape index (κ2) is 7.85. The van der Waals surface area contributed by atoms with Crippen molar-refractivity contribution in [1.29, 1.82) is 0 Å². The molecule has 1 aliphatic rings. The van der Waals surface area contributed by atoms with Crippen molar-refractivity contribution < 1.29 is 9.59 Å². The molecule has 1 aromatic carbocycles. The minimum atomic E-state index is -0.283. The van der Waals surface area contributed by atoms with Gasteiger partial charge in [-0.15, -0.1) is 0 Å². The van der Waals surface area contributed by atoms with E-state index in [1.54, 1.807) is 29.0 Å². The van der Waals surface area contributed by atoms with Crippen LogP contribution in [0.5, 0.6) is 0 Å². The van der Waals surface area contributed by atoms with Crippen LogP contribution < -0.4 is 15.5 Å². The van der Waals surface area contributed by atoms with Crippen molar-refractivity contribution in [2.45, 2.75) is 0 Å². The Morgan fingerprint density at radius 1 is 1.18 bits per heavy atom. The highest BCUT2D eigenvalue weighted by Gasteiger charge is 2.23. The molecule has 0 saturated carbocycles. The monoisotopic (exact) mass is 399 g/mol. The molecule has 3 heterocycles. The Balaban J connectivity index is 1.26. The van der Waals surface area contributed by atoms with Gasteiger partial charge < -0.3 is 20.4 Å². The van der Waals surface area contributed by atoms with E-state index in [2.05, 4.69) is 37.1 Å². The Kier molecular flexibility index (Phi) is 5.11. The van der Waals surface area contributed by atoms with E-state index in [0.717, 1.165) is 15.9 Å². The Labute approximate surface area is 166 Å². The maximum absolute atomic E-state index is 12.4. The Morgan fingerprint density at radius 3 is 2.71 bits per heavy atom. The van der Waals surface area contributed by atoms with E-state index >= 15 is 0 Å². The van der Waals surface area contributed by atoms with Gasteiger partial charge in [0.1, 0.15) is 5.82 Å². The van der Waals surface area contributed by atoms with E-state index in [0.29, 0.717) is 31.9 Å². The van der Waals surface area contributed by atoms with Gasteiger partial charge in [0.05, 0.1) is 23.1 Å². The molecule has 9 nitrogen and oxygen atoms in total. The summed E-state index contributed by atoms with van der Waals surface area (Å²) in [5.74, 6) is 0.699. The molecule has 0 unspecified atom stereocenters. The summed E-state index contributed by atoms with van der Waals surface area (Å²) in [6.45, 7) is 2.51. The van der Waals surface area contributed by atoms with Gasteiger partial charge in [0.2, 0.25) is 5.91 Å². The van der Waals surface area contributed by atoms with Crippen molar-refractivity contribution in [3.8, 4) is 0 Å². The standard InChI is InChI=1S/C18H21N7O2S/c1-23-12-13(10-20-23)21-16(26)11-19-18(27)25-8-6-24(7-9-25)17-14-4-2-3-5-15(14)28-22-17/h2-5,10,12H,6-9,11H2,1H3,(H,19,27)(H,21,26). The summed E-state index contributed by atoms with van der Waals surface area (Å²) in [7, 11) is 1.77. The smallest absolute Gasteiger partial charge is 0.317 e. The van der Waals surface area contributed by atoms with Gasteiger partial charge >= 0.3 is 6.03 Å². The zero-order valence-electron chi connectivity index (χ0n) is 15.5. The van der Waals surface area contributed by atoms with Crippen LogP contribution in [0.25, 0.3) is 10.1 Å². The molecule has 1 saturated heterocycles. The van der Waals surface area contributed by atoms with Gasteiger partial charge in [0.15, 0.2) is 0 Å². The van der Waals surface area contributed by atoms with E-state index in [9.17, 15) is 9.59 Å². The highest BCUT2D eigenvalue weighted by Crippen LogP contribution is 2.29. The third-order valence-electron chi connectivity index (χ3n) is 4.61. The van der Waals surface area contributed by atoms with Crippen LogP contribution in [0.15, 0.2) is 36.7 Å². The van der Waals surface area contributed by atoms with Crippen molar-refractivity contribution in [2.24, 2.45) is 7.05 Å². The third kappa shape index (κ3) is 3.91. The molecule has 0 bridgehead atoms. The number of piperazine rings is 1. The summed E-state index contributed by atoms with van der Waals surface area (Å²) in [5, 5.41) is 10.5. The molecule has 10 heteroatoms. The van der Waals surface area contributed by atoms with Gasteiger partial charge in [0.25, 0.3) is 0 Å². The lowest BCUT2D eigenvalue weighted by Crippen LogP contribution is -2.52. The number of amides is 3. The summed E-state index contributed by atoms with van der Waals surface area (Å²) in [6, 6.07) is 7.94. The fourth-order valence-electron chi connectivity index (χ4n) is 3.18. The van der Waals surface area contributed by atoms with Crippen molar-refractivity contribution >= 4 is 45.1 Å². The molecule has 146 valence electrons. The van der Waals surface area contributed by atoms with Crippen LogP contribution in [0, 0.1) is 0 Å². The first-order chi connectivity index (χ1) is 13.6. The number of anilines is 2. The minimum absolute atomic E-state index is 0.0787. The molecular weight excluding hydrogens is 378 g/mol. The van der Waals surface area contributed by atoms with Gasteiger partial charge in [-0.25, -0.2) is 4.79 Å². The van der Waals surface area contributed by atoms with Crippen molar-refractivity contribution in [2.75, 3.05) is 42.9 Å². The van der Waals surface area contributed by atoms with Crippen molar-refractivity contribution in [3.63, 3.8) is 0 Å². The molecule has 2 aromatic heterocycles. The fraction of sp³-hybridized carbons (Fsp3) is 0.333. The second-order valence-electron chi connectivity index (χ2n) is 6.59. The zero-order chi connectivity index (χ0) is 19.5. The van der Waals surface area contributed by atoms with E-state index in [-0.39, 0.29) is 18.5 Å². The molecule has 4 rings (SSSR count). The number of aryl methyl sites for hydroxylation is 1. The van der Waals surface area contributed by atoms with E-state index in [1.807, 2.05) is 12.1 Å². The largest absolute Gasteiger partial charge is 0.352 e. The lowest BCUT2D eigenvalue weighted by atomic mass is 10.2. The number of carbonyl (C=O) groups is 2. The third-order valence-corrected chi connectivity index (χ3v) is 5.43. The fourth-order valence-corrected chi connectivity index (χ4v) is 3.98. The first-order valence-electron chi connectivity index (χ1n) is 9.01. The lowest BCUT2D eigenvalue weighted by molar-refractivity contribution is -0.115. The van der Waals surface area contributed by atoms with E-state index < -0.39 is 0 Å². The summed E-state index contributed by atoms with van der Waals surface area (Å²) in [5.41, 5.74) is 0.603.